The highest BCUT2D eigenvalue weighted by Crippen LogP contribution is 2.47. The van der Waals surface area contributed by atoms with Crippen molar-refractivity contribution in [1.29, 1.82) is 5.26 Å². The van der Waals surface area contributed by atoms with Crippen molar-refractivity contribution in [3.05, 3.63) is 71.4 Å². The number of rotatable bonds is 3. The van der Waals surface area contributed by atoms with Crippen molar-refractivity contribution in [2.75, 3.05) is 5.32 Å². The topological polar surface area (TPSA) is 83.6 Å². The molecular weight excluding hydrogens is 386 g/mol. The summed E-state index contributed by atoms with van der Waals surface area (Å²) in [7, 11) is 0. The van der Waals surface area contributed by atoms with Gasteiger partial charge in [-0.3, -0.25) is 9.36 Å². The van der Waals surface area contributed by atoms with Crippen LogP contribution in [0.4, 0.5) is 5.69 Å². The smallest absolute Gasteiger partial charge is 0.165 e. The van der Waals surface area contributed by atoms with Crippen molar-refractivity contribution in [3.8, 4) is 11.9 Å². The molecule has 31 heavy (non-hydrogen) atoms. The number of Topliss-reactive ketones (excluding diaryl/α,β-unsaturated/α-hetero) is 1. The molecule has 1 aliphatic carbocycles. The highest BCUT2D eigenvalue weighted by Gasteiger charge is 2.45. The summed E-state index contributed by atoms with van der Waals surface area (Å²) in [4.78, 5) is 22.5. The van der Waals surface area contributed by atoms with E-state index in [1.54, 1.807) is 24.3 Å². The predicted octanol–water partition coefficient (Wildman–Crippen LogP) is 4.96. The molecule has 1 N–H and O–H groups in total. The summed E-state index contributed by atoms with van der Waals surface area (Å²) in [6.07, 6.45) is 7.14. The van der Waals surface area contributed by atoms with Gasteiger partial charge in [-0.15, -0.1) is 0 Å². The second-order valence-electron chi connectivity index (χ2n) is 8.90. The number of hydrogen-bond acceptors (Lipinski definition) is 5. The second-order valence-corrected chi connectivity index (χ2v) is 8.90. The van der Waals surface area contributed by atoms with Crippen molar-refractivity contribution in [3.63, 3.8) is 0 Å². The number of carbonyl (C=O) groups is 1. The normalized spacial score (nSPS) is 21.8. The third-order valence-electron chi connectivity index (χ3n) is 6.68. The number of hydrogen-bond donors (Lipinski definition) is 1. The number of aromatic nitrogens is 3. The van der Waals surface area contributed by atoms with E-state index in [0.29, 0.717) is 11.1 Å². The van der Waals surface area contributed by atoms with Crippen LogP contribution in [0.3, 0.4) is 0 Å². The predicted molar refractivity (Wildman–Crippen MR) is 118 cm³/mol. The quantitative estimate of drug-likeness (QED) is 0.616. The number of fused-ring (bicyclic) bond motifs is 4. The molecule has 0 atom stereocenters. The Bertz CT molecular complexity index is 1180. The molecule has 1 aliphatic heterocycles. The van der Waals surface area contributed by atoms with Crippen LogP contribution in [0.2, 0.25) is 0 Å². The Kier molecular flexibility index (Phi) is 4.62. The number of nitriles is 1. The maximum Gasteiger partial charge on any atom is 0.165 e. The maximum atomic E-state index is 13.1. The van der Waals surface area contributed by atoms with Crippen LogP contribution in [-0.4, -0.2) is 20.3 Å². The first-order valence-electron chi connectivity index (χ1n) is 10.9. The lowest BCUT2D eigenvalue weighted by Gasteiger charge is -2.44. The van der Waals surface area contributed by atoms with Crippen LogP contribution in [0.15, 0.2) is 48.8 Å². The zero-order valence-electron chi connectivity index (χ0n) is 17.8. The fourth-order valence-electron chi connectivity index (χ4n) is 5.03. The molecule has 0 saturated heterocycles. The number of anilines is 1. The fraction of sp³-hybridized carbons (Fsp3) is 0.360. The molecule has 1 fully saturated rings. The number of carbonyl (C=O) groups excluding carboxylic acids is 1. The molecule has 1 spiro atoms. The Hall–Kier alpha value is -3.46. The van der Waals surface area contributed by atoms with Crippen LogP contribution >= 0.6 is 0 Å². The maximum absolute atomic E-state index is 13.1. The van der Waals surface area contributed by atoms with Gasteiger partial charge in [0.05, 0.1) is 34.7 Å². The number of imidazole rings is 1. The van der Waals surface area contributed by atoms with Crippen LogP contribution in [0.1, 0.15) is 72.9 Å². The minimum absolute atomic E-state index is 0.00315. The summed E-state index contributed by atoms with van der Waals surface area (Å²) in [6.45, 7) is 4.31. The Morgan fingerprint density at radius 3 is 2.61 bits per heavy atom. The van der Waals surface area contributed by atoms with E-state index in [4.69, 9.17) is 10.2 Å². The lowest BCUT2D eigenvalue weighted by Crippen LogP contribution is -2.44. The molecule has 0 unspecified atom stereocenters. The van der Waals surface area contributed by atoms with Crippen LogP contribution in [-0.2, 0) is 5.54 Å². The van der Waals surface area contributed by atoms with Gasteiger partial charge in [-0.05, 0) is 49.9 Å². The van der Waals surface area contributed by atoms with Crippen LogP contribution < -0.4 is 5.32 Å². The molecule has 2 aromatic heterocycles. The summed E-state index contributed by atoms with van der Waals surface area (Å²) in [5.74, 6) is 2.38. The standard InChI is InChI=1S/C25H25N5O/c1-16(2)23-28-15-21-25(29-20-4-3-13-27-24(20)30(21)23)11-9-19(10-12-25)22(31)18-7-5-17(14-26)6-8-18/h3-8,13,15-16,19,29H,9-12H2,1-2H3. The Morgan fingerprint density at radius 1 is 1.19 bits per heavy atom. The van der Waals surface area contributed by atoms with Crippen LogP contribution in [0.5, 0.6) is 0 Å². The lowest BCUT2D eigenvalue weighted by molar-refractivity contribution is 0.0864. The molecular formula is C25H25N5O. The van der Waals surface area contributed by atoms with Gasteiger partial charge < -0.3 is 5.32 Å². The number of pyridine rings is 1. The average molecular weight is 412 g/mol. The average Bonchev–Trinajstić information content (AvgIpc) is 3.26. The minimum atomic E-state index is -0.238. The zero-order valence-corrected chi connectivity index (χ0v) is 17.8. The van der Waals surface area contributed by atoms with Gasteiger partial charge in [-0.1, -0.05) is 26.0 Å². The fourth-order valence-corrected chi connectivity index (χ4v) is 5.03. The third-order valence-corrected chi connectivity index (χ3v) is 6.68. The van der Waals surface area contributed by atoms with Crippen molar-refractivity contribution in [2.24, 2.45) is 5.92 Å². The first kappa shape index (κ1) is 19.5. The van der Waals surface area contributed by atoms with E-state index in [9.17, 15) is 4.79 Å². The van der Waals surface area contributed by atoms with Crippen LogP contribution in [0.25, 0.3) is 5.82 Å². The lowest BCUT2D eigenvalue weighted by atomic mass is 9.72. The summed E-state index contributed by atoms with van der Waals surface area (Å²) in [5.41, 5.74) is 3.20. The number of ketones is 1. The molecule has 0 bridgehead atoms. The monoisotopic (exact) mass is 411 g/mol. The van der Waals surface area contributed by atoms with E-state index in [1.807, 2.05) is 18.5 Å². The van der Waals surface area contributed by atoms with E-state index in [-0.39, 0.29) is 23.2 Å². The van der Waals surface area contributed by atoms with Crippen molar-refractivity contribution in [1.82, 2.24) is 14.5 Å². The van der Waals surface area contributed by atoms with Gasteiger partial charge in [0.25, 0.3) is 0 Å². The number of nitrogens with one attached hydrogen (secondary N) is 1. The molecule has 156 valence electrons. The van der Waals surface area contributed by atoms with Gasteiger partial charge in [0.1, 0.15) is 5.82 Å². The Morgan fingerprint density at radius 2 is 1.94 bits per heavy atom. The number of nitrogens with zero attached hydrogens (tertiary/aromatic N) is 4. The van der Waals surface area contributed by atoms with Crippen molar-refractivity contribution in [2.45, 2.75) is 51.0 Å². The highest BCUT2D eigenvalue weighted by molar-refractivity contribution is 5.98. The van der Waals surface area contributed by atoms with Gasteiger partial charge in [0, 0.05) is 23.6 Å². The molecule has 1 aromatic carbocycles. The van der Waals surface area contributed by atoms with Crippen molar-refractivity contribution < 1.29 is 4.79 Å². The van der Waals surface area contributed by atoms with Gasteiger partial charge in [-0.2, -0.15) is 5.26 Å². The molecule has 1 saturated carbocycles. The summed E-state index contributed by atoms with van der Waals surface area (Å²) < 4.78 is 2.22. The van der Waals surface area contributed by atoms with E-state index < -0.39 is 0 Å². The molecule has 0 radical (unpaired) electrons. The summed E-state index contributed by atoms with van der Waals surface area (Å²) >= 11 is 0. The summed E-state index contributed by atoms with van der Waals surface area (Å²) in [6, 6.07) is 13.1. The Labute approximate surface area is 182 Å². The molecule has 3 aromatic rings. The largest absolute Gasteiger partial charge is 0.371 e. The molecule has 3 heterocycles. The van der Waals surface area contributed by atoms with Gasteiger partial charge >= 0.3 is 0 Å². The van der Waals surface area contributed by atoms with Gasteiger partial charge in [0.15, 0.2) is 11.6 Å². The zero-order chi connectivity index (χ0) is 21.6. The molecule has 6 nitrogen and oxygen atoms in total. The highest BCUT2D eigenvalue weighted by atomic mass is 16.1. The molecule has 2 aliphatic rings. The van der Waals surface area contributed by atoms with Gasteiger partial charge in [-0.25, -0.2) is 9.97 Å². The second kappa shape index (κ2) is 7.35. The van der Waals surface area contributed by atoms with E-state index in [2.05, 4.69) is 40.9 Å². The summed E-state index contributed by atoms with van der Waals surface area (Å²) in [5, 5.41) is 12.8. The molecule has 5 rings (SSSR count). The Balaban J connectivity index is 1.44. The van der Waals surface area contributed by atoms with Crippen molar-refractivity contribution >= 4 is 11.5 Å². The first-order valence-corrected chi connectivity index (χ1v) is 10.9. The molecule has 0 amide bonds. The van der Waals surface area contributed by atoms with Gasteiger partial charge in [0.2, 0.25) is 0 Å². The minimum Gasteiger partial charge on any atom is -0.371 e. The van der Waals surface area contributed by atoms with Crippen LogP contribution in [0, 0.1) is 17.2 Å². The van der Waals surface area contributed by atoms with E-state index in [0.717, 1.165) is 48.7 Å². The van der Waals surface area contributed by atoms with E-state index in [1.165, 1.54) is 0 Å². The molecule has 6 heteroatoms. The first-order chi connectivity index (χ1) is 15.0. The SMILES string of the molecule is CC(C)c1ncc2n1-c1ncccc1NC21CCC(C(=O)c2ccc(C#N)cc2)CC1. The third kappa shape index (κ3) is 3.12. The van der Waals surface area contributed by atoms with E-state index >= 15 is 0 Å². The number of benzene rings is 1.